The zero-order chi connectivity index (χ0) is 23.3. The van der Waals surface area contributed by atoms with E-state index in [1.807, 2.05) is 0 Å². The molecule has 2 aromatic carbocycles. The number of sulfonamides is 1. The molecule has 1 saturated heterocycles. The molecule has 1 heterocycles. The van der Waals surface area contributed by atoms with E-state index in [9.17, 15) is 17.6 Å². The second-order valence-electron chi connectivity index (χ2n) is 7.27. The number of halogens is 1. The molecule has 0 spiro atoms. The summed E-state index contributed by atoms with van der Waals surface area (Å²) in [5.41, 5.74) is 0.697. The molecule has 1 fully saturated rings. The largest absolute Gasteiger partial charge is 0.497 e. The molecular weight excluding hydrogens is 439 g/mol. The minimum absolute atomic E-state index is 0.0284. The minimum atomic E-state index is -3.82. The second-order valence-corrected chi connectivity index (χ2v) is 9.18. The maximum atomic E-state index is 13.8. The molecule has 174 valence electrons. The van der Waals surface area contributed by atoms with Gasteiger partial charge in [-0.2, -0.15) is 4.31 Å². The Balaban J connectivity index is 1.61. The van der Waals surface area contributed by atoms with Crippen molar-refractivity contribution in [3.05, 3.63) is 47.8 Å². The molecule has 0 bridgehead atoms. The molecule has 2 aromatic rings. The lowest BCUT2D eigenvalue weighted by Gasteiger charge is -2.34. The number of carbonyl (C=O) groups is 1. The lowest BCUT2D eigenvalue weighted by atomic mass is 10.1. The molecule has 0 atom stereocenters. The number of amides is 1. The Bertz CT molecular complexity index is 1070. The topological polar surface area (TPSA) is 85.4 Å². The summed E-state index contributed by atoms with van der Waals surface area (Å²) in [5, 5.41) is 0. The van der Waals surface area contributed by atoms with Gasteiger partial charge < -0.3 is 19.1 Å². The third-order valence-electron chi connectivity index (χ3n) is 5.42. The summed E-state index contributed by atoms with van der Waals surface area (Å²) in [5.74, 6) is 0.232. The van der Waals surface area contributed by atoms with Crippen molar-refractivity contribution in [3.63, 3.8) is 0 Å². The molecule has 0 aliphatic carbocycles. The van der Waals surface area contributed by atoms with Crippen LogP contribution < -0.4 is 14.2 Å². The van der Waals surface area contributed by atoms with Crippen molar-refractivity contribution in [1.29, 1.82) is 0 Å². The maximum absolute atomic E-state index is 13.8. The van der Waals surface area contributed by atoms with Gasteiger partial charge in [-0.1, -0.05) is 6.07 Å². The molecule has 0 saturated carbocycles. The molecule has 0 N–H and O–H groups in total. The van der Waals surface area contributed by atoms with E-state index in [4.69, 9.17) is 14.2 Å². The lowest BCUT2D eigenvalue weighted by Crippen LogP contribution is -2.50. The first kappa shape index (κ1) is 23.8. The smallest absolute Gasteiger partial charge is 0.247 e. The summed E-state index contributed by atoms with van der Waals surface area (Å²) < 4.78 is 56.7. The van der Waals surface area contributed by atoms with Crippen molar-refractivity contribution in [2.45, 2.75) is 17.7 Å². The van der Waals surface area contributed by atoms with Crippen molar-refractivity contribution in [1.82, 2.24) is 9.21 Å². The van der Waals surface area contributed by atoms with Crippen LogP contribution in [0.2, 0.25) is 0 Å². The summed E-state index contributed by atoms with van der Waals surface area (Å²) >= 11 is 0. The highest BCUT2D eigenvalue weighted by Crippen LogP contribution is 2.31. The van der Waals surface area contributed by atoms with Crippen molar-refractivity contribution in [2.75, 3.05) is 47.5 Å². The van der Waals surface area contributed by atoms with E-state index in [1.54, 1.807) is 23.1 Å². The van der Waals surface area contributed by atoms with Gasteiger partial charge in [-0.25, -0.2) is 12.8 Å². The third-order valence-corrected chi connectivity index (χ3v) is 7.34. The van der Waals surface area contributed by atoms with Crippen LogP contribution in [0.1, 0.15) is 12.0 Å². The van der Waals surface area contributed by atoms with Crippen LogP contribution in [0.25, 0.3) is 0 Å². The van der Waals surface area contributed by atoms with Gasteiger partial charge in [-0.05, 0) is 36.2 Å². The number of ether oxygens (including phenoxy) is 3. The molecule has 0 aromatic heterocycles. The summed E-state index contributed by atoms with van der Waals surface area (Å²) in [6, 6.07) is 9.22. The fourth-order valence-corrected chi connectivity index (χ4v) is 5.17. The normalized spacial score (nSPS) is 14.8. The van der Waals surface area contributed by atoms with E-state index in [-0.39, 0.29) is 54.9 Å². The van der Waals surface area contributed by atoms with Crippen molar-refractivity contribution >= 4 is 15.9 Å². The fraction of sp³-hybridized carbons (Fsp3) is 0.409. The standard InChI is InChI=1S/C22H27FN2O6S/c1-29-17-6-8-20(31-3)21(15-17)32(27,28)25-12-10-24(11-13-25)22(26)9-5-16-4-7-19(30-2)18(23)14-16/h4,6-8,14-15H,5,9-13H2,1-3H3. The average Bonchev–Trinajstić information content (AvgIpc) is 2.82. The molecule has 0 unspecified atom stereocenters. The molecule has 1 aliphatic rings. The van der Waals surface area contributed by atoms with Crippen LogP contribution in [0.15, 0.2) is 41.3 Å². The van der Waals surface area contributed by atoms with Gasteiger partial charge in [0.2, 0.25) is 15.9 Å². The molecule has 1 amide bonds. The molecule has 0 radical (unpaired) electrons. The Labute approximate surface area is 187 Å². The Kier molecular flexibility index (Phi) is 7.57. The minimum Gasteiger partial charge on any atom is -0.497 e. The summed E-state index contributed by atoms with van der Waals surface area (Å²) in [6.07, 6.45) is 0.599. The monoisotopic (exact) mass is 466 g/mol. The summed E-state index contributed by atoms with van der Waals surface area (Å²) in [6.45, 7) is 0.903. The summed E-state index contributed by atoms with van der Waals surface area (Å²) in [4.78, 5) is 14.3. The molecule has 10 heteroatoms. The van der Waals surface area contributed by atoms with Crippen LogP contribution >= 0.6 is 0 Å². The highest BCUT2D eigenvalue weighted by molar-refractivity contribution is 7.89. The van der Waals surface area contributed by atoms with E-state index in [2.05, 4.69) is 0 Å². The third kappa shape index (κ3) is 5.13. The van der Waals surface area contributed by atoms with Crippen LogP contribution in [0.5, 0.6) is 17.2 Å². The van der Waals surface area contributed by atoms with Gasteiger partial charge in [0.1, 0.15) is 16.4 Å². The molecular formula is C22H27FN2O6S. The Hall–Kier alpha value is -2.85. The first-order valence-electron chi connectivity index (χ1n) is 10.1. The number of piperazine rings is 1. The highest BCUT2D eigenvalue weighted by Gasteiger charge is 2.32. The number of benzene rings is 2. The summed E-state index contributed by atoms with van der Waals surface area (Å²) in [7, 11) is 0.448. The number of aryl methyl sites for hydroxylation is 1. The lowest BCUT2D eigenvalue weighted by molar-refractivity contribution is -0.132. The van der Waals surface area contributed by atoms with Crippen molar-refractivity contribution in [2.24, 2.45) is 0 Å². The zero-order valence-electron chi connectivity index (χ0n) is 18.3. The quantitative estimate of drug-likeness (QED) is 0.594. The highest BCUT2D eigenvalue weighted by atomic mass is 32.2. The SMILES string of the molecule is COc1ccc(OC)c(S(=O)(=O)N2CCN(C(=O)CCc3ccc(OC)c(F)c3)CC2)c1. The van der Waals surface area contributed by atoms with E-state index in [0.29, 0.717) is 17.7 Å². The maximum Gasteiger partial charge on any atom is 0.247 e. The van der Waals surface area contributed by atoms with Gasteiger partial charge in [0.25, 0.3) is 0 Å². The van der Waals surface area contributed by atoms with E-state index < -0.39 is 15.8 Å². The van der Waals surface area contributed by atoms with Gasteiger partial charge in [-0.15, -0.1) is 0 Å². The van der Waals surface area contributed by atoms with Crippen LogP contribution in [0, 0.1) is 5.82 Å². The molecule has 3 rings (SSSR count). The van der Waals surface area contributed by atoms with Gasteiger partial charge in [0.15, 0.2) is 11.6 Å². The van der Waals surface area contributed by atoms with Crippen LogP contribution in [0.4, 0.5) is 4.39 Å². The first-order chi connectivity index (χ1) is 15.3. The van der Waals surface area contributed by atoms with Gasteiger partial charge >= 0.3 is 0 Å². The van der Waals surface area contributed by atoms with E-state index in [0.717, 1.165) is 0 Å². The number of rotatable bonds is 8. The second kappa shape index (κ2) is 10.2. The average molecular weight is 467 g/mol. The number of nitrogens with zero attached hydrogens (tertiary/aromatic N) is 2. The molecule has 32 heavy (non-hydrogen) atoms. The Morgan fingerprint density at radius 2 is 1.59 bits per heavy atom. The van der Waals surface area contributed by atoms with E-state index >= 15 is 0 Å². The van der Waals surface area contributed by atoms with Crippen LogP contribution in [0.3, 0.4) is 0 Å². The van der Waals surface area contributed by atoms with Gasteiger partial charge in [0, 0.05) is 38.7 Å². The van der Waals surface area contributed by atoms with Crippen molar-refractivity contribution < 1.29 is 31.8 Å². The number of hydrogen-bond donors (Lipinski definition) is 0. The molecule has 8 nitrogen and oxygen atoms in total. The first-order valence-corrected chi connectivity index (χ1v) is 11.6. The van der Waals surface area contributed by atoms with Crippen molar-refractivity contribution in [3.8, 4) is 17.2 Å². The number of methoxy groups -OCH3 is 3. The van der Waals surface area contributed by atoms with Gasteiger partial charge in [0.05, 0.1) is 21.3 Å². The number of hydrogen-bond acceptors (Lipinski definition) is 6. The van der Waals surface area contributed by atoms with Crippen LogP contribution in [-0.2, 0) is 21.2 Å². The Morgan fingerprint density at radius 1 is 0.938 bits per heavy atom. The predicted molar refractivity (Wildman–Crippen MR) is 116 cm³/mol. The Morgan fingerprint density at radius 3 is 2.19 bits per heavy atom. The number of carbonyl (C=O) groups excluding carboxylic acids is 1. The molecule has 1 aliphatic heterocycles. The van der Waals surface area contributed by atoms with Crippen LogP contribution in [-0.4, -0.2) is 71.0 Å². The zero-order valence-corrected chi connectivity index (χ0v) is 19.2. The predicted octanol–water partition coefficient (Wildman–Crippen LogP) is 2.32. The van der Waals surface area contributed by atoms with Gasteiger partial charge in [-0.3, -0.25) is 4.79 Å². The van der Waals surface area contributed by atoms with E-state index in [1.165, 1.54) is 43.8 Å². The fourth-order valence-electron chi connectivity index (χ4n) is 3.58.